The van der Waals surface area contributed by atoms with Crippen LogP contribution in [0.3, 0.4) is 0 Å². The average molecular weight is 431 g/mol. The van der Waals surface area contributed by atoms with Gasteiger partial charge in [0, 0.05) is 19.1 Å². The van der Waals surface area contributed by atoms with Crippen molar-refractivity contribution in [2.75, 3.05) is 5.32 Å². The summed E-state index contributed by atoms with van der Waals surface area (Å²) in [4.78, 5) is 37.5. The highest BCUT2D eigenvalue weighted by Crippen LogP contribution is 2.34. The molecule has 1 N–H and O–H groups in total. The van der Waals surface area contributed by atoms with E-state index in [0.717, 1.165) is 23.9 Å². The molecule has 0 fully saturated rings. The Kier molecular flexibility index (Phi) is 4.96. The summed E-state index contributed by atoms with van der Waals surface area (Å²) in [5.41, 5.74) is -5.55. The molecule has 1 amide bonds. The molecule has 0 unspecified atom stereocenters. The molecule has 3 aromatic rings. The monoisotopic (exact) mass is 430 g/mol. The quantitative estimate of drug-likeness (QED) is 0.635. The van der Waals surface area contributed by atoms with Crippen LogP contribution in [0.2, 0.25) is 5.02 Å². The molecular weight excluding hydrogens is 421 g/mol. The second-order valence-corrected chi connectivity index (χ2v) is 6.07. The first-order valence-corrected chi connectivity index (χ1v) is 7.99. The zero-order valence-corrected chi connectivity index (χ0v) is 15.4. The van der Waals surface area contributed by atoms with Gasteiger partial charge in [0.2, 0.25) is 11.6 Å². The van der Waals surface area contributed by atoms with E-state index in [-0.39, 0.29) is 15.5 Å². The number of hydrogen-bond donors (Lipinski definition) is 1. The molecule has 0 spiro atoms. The van der Waals surface area contributed by atoms with E-state index in [4.69, 9.17) is 11.6 Å². The van der Waals surface area contributed by atoms with Crippen molar-refractivity contribution in [1.29, 1.82) is 0 Å². The number of rotatable bonds is 3. The van der Waals surface area contributed by atoms with Gasteiger partial charge in [-0.25, -0.2) is 18.7 Å². The molecule has 3 rings (SSSR count). The third kappa shape index (κ3) is 3.73. The maximum Gasteiger partial charge on any atom is 0.418 e. The van der Waals surface area contributed by atoms with Crippen LogP contribution < -0.4 is 16.6 Å². The van der Waals surface area contributed by atoms with Crippen LogP contribution >= 0.6 is 11.6 Å². The standard InChI is InChI=1S/C14H10ClF3N8O3/c1-24-12(20-22-23-24)19-10(27)9-11(28)26(13(29)25(2)21-9)8-4-3-6(15)5-7(8)14(16,17)18/h3-5H,1-2H3,(H,19,20,23,27). The predicted octanol–water partition coefficient (Wildman–Crippen LogP) is 0.379. The van der Waals surface area contributed by atoms with E-state index in [1.54, 1.807) is 0 Å². The molecule has 1 aromatic carbocycles. The van der Waals surface area contributed by atoms with Crippen LogP contribution in [0.15, 0.2) is 27.8 Å². The molecule has 2 heterocycles. The Labute approximate surface area is 163 Å². The molecule has 2 aromatic heterocycles. The largest absolute Gasteiger partial charge is 0.418 e. The van der Waals surface area contributed by atoms with Gasteiger partial charge in [0.1, 0.15) is 0 Å². The number of amides is 1. The van der Waals surface area contributed by atoms with Crippen molar-refractivity contribution in [3.05, 3.63) is 55.3 Å². The summed E-state index contributed by atoms with van der Waals surface area (Å²) in [5, 5.41) is 15.7. The second kappa shape index (κ2) is 7.12. The van der Waals surface area contributed by atoms with Crippen molar-refractivity contribution < 1.29 is 18.0 Å². The molecule has 0 saturated carbocycles. The normalized spacial score (nSPS) is 11.5. The molecular formula is C14H10ClF3N8O3. The molecule has 152 valence electrons. The summed E-state index contributed by atoms with van der Waals surface area (Å²) in [7, 11) is 2.47. The van der Waals surface area contributed by atoms with Gasteiger partial charge in [0.25, 0.3) is 11.5 Å². The summed E-state index contributed by atoms with van der Waals surface area (Å²) >= 11 is 5.63. The minimum Gasteiger partial charge on any atom is -0.288 e. The van der Waals surface area contributed by atoms with Crippen molar-refractivity contribution >= 4 is 23.5 Å². The number of nitrogens with zero attached hydrogens (tertiary/aromatic N) is 7. The lowest BCUT2D eigenvalue weighted by molar-refractivity contribution is -0.137. The molecule has 0 saturated heterocycles. The van der Waals surface area contributed by atoms with Crippen LogP contribution in [0.1, 0.15) is 16.1 Å². The van der Waals surface area contributed by atoms with Gasteiger partial charge >= 0.3 is 11.9 Å². The van der Waals surface area contributed by atoms with Gasteiger partial charge in [-0.15, -0.1) is 0 Å². The number of nitrogens with one attached hydrogen (secondary N) is 1. The third-order valence-electron chi connectivity index (χ3n) is 3.69. The average Bonchev–Trinajstić information content (AvgIpc) is 3.03. The van der Waals surface area contributed by atoms with E-state index < -0.39 is 40.3 Å². The van der Waals surface area contributed by atoms with Gasteiger partial charge in [-0.05, 0) is 28.6 Å². The van der Waals surface area contributed by atoms with Gasteiger partial charge in [-0.1, -0.05) is 16.7 Å². The topological polar surface area (TPSA) is 130 Å². The smallest absolute Gasteiger partial charge is 0.288 e. The zero-order valence-electron chi connectivity index (χ0n) is 14.6. The Balaban J connectivity index is 2.23. The molecule has 0 aliphatic rings. The first-order valence-electron chi connectivity index (χ1n) is 7.62. The van der Waals surface area contributed by atoms with Crippen LogP contribution in [-0.2, 0) is 20.3 Å². The van der Waals surface area contributed by atoms with Crippen molar-refractivity contribution in [1.82, 2.24) is 34.6 Å². The number of anilines is 1. The van der Waals surface area contributed by atoms with Crippen LogP contribution in [0.5, 0.6) is 0 Å². The molecule has 15 heteroatoms. The second-order valence-electron chi connectivity index (χ2n) is 5.63. The number of halogens is 4. The van der Waals surface area contributed by atoms with Crippen molar-refractivity contribution in [3.8, 4) is 5.69 Å². The van der Waals surface area contributed by atoms with E-state index >= 15 is 0 Å². The maximum atomic E-state index is 13.4. The van der Waals surface area contributed by atoms with E-state index in [1.807, 2.05) is 0 Å². The van der Waals surface area contributed by atoms with Crippen LogP contribution in [0, 0.1) is 0 Å². The molecule has 0 bridgehead atoms. The summed E-state index contributed by atoms with van der Waals surface area (Å²) < 4.78 is 42.1. The van der Waals surface area contributed by atoms with Gasteiger partial charge in [0.15, 0.2) is 0 Å². The minimum absolute atomic E-state index is 0.154. The summed E-state index contributed by atoms with van der Waals surface area (Å²) in [6.45, 7) is 0. The van der Waals surface area contributed by atoms with Crippen LogP contribution in [0.25, 0.3) is 5.69 Å². The molecule has 0 aliphatic heterocycles. The van der Waals surface area contributed by atoms with Gasteiger partial charge < -0.3 is 0 Å². The number of aromatic nitrogens is 7. The Morgan fingerprint density at radius 2 is 1.86 bits per heavy atom. The minimum atomic E-state index is -4.93. The number of aryl methyl sites for hydroxylation is 2. The SMILES string of the molecule is Cn1nnnc1NC(=O)c1nn(C)c(=O)n(-c2ccc(Cl)cc2C(F)(F)F)c1=O. The highest BCUT2D eigenvalue weighted by molar-refractivity contribution is 6.30. The maximum absolute atomic E-state index is 13.4. The van der Waals surface area contributed by atoms with Gasteiger partial charge in [0.05, 0.1) is 11.3 Å². The molecule has 29 heavy (non-hydrogen) atoms. The first kappa shape index (κ1) is 20.2. The Bertz CT molecular complexity index is 1230. The van der Waals surface area contributed by atoms with Crippen molar-refractivity contribution in [2.24, 2.45) is 14.1 Å². The molecule has 0 aliphatic carbocycles. The lowest BCUT2D eigenvalue weighted by Crippen LogP contribution is -2.44. The Morgan fingerprint density at radius 1 is 1.17 bits per heavy atom. The van der Waals surface area contributed by atoms with E-state index in [2.05, 4.69) is 25.9 Å². The van der Waals surface area contributed by atoms with E-state index in [0.29, 0.717) is 10.7 Å². The fourth-order valence-electron chi connectivity index (χ4n) is 2.35. The van der Waals surface area contributed by atoms with Crippen molar-refractivity contribution in [2.45, 2.75) is 6.18 Å². The highest BCUT2D eigenvalue weighted by atomic mass is 35.5. The zero-order chi connectivity index (χ0) is 21.5. The van der Waals surface area contributed by atoms with Crippen molar-refractivity contribution in [3.63, 3.8) is 0 Å². The number of hydrogen-bond acceptors (Lipinski definition) is 7. The van der Waals surface area contributed by atoms with E-state index in [9.17, 15) is 27.6 Å². The predicted molar refractivity (Wildman–Crippen MR) is 91.8 cm³/mol. The number of alkyl halides is 3. The van der Waals surface area contributed by atoms with Gasteiger partial charge in [-0.3, -0.25) is 14.9 Å². The fraction of sp³-hybridized carbons (Fsp3) is 0.214. The third-order valence-corrected chi connectivity index (χ3v) is 3.92. The first-order chi connectivity index (χ1) is 13.5. The molecule has 11 nitrogen and oxygen atoms in total. The fourth-order valence-corrected chi connectivity index (χ4v) is 2.53. The summed E-state index contributed by atoms with van der Waals surface area (Å²) in [5.74, 6) is -1.28. The summed E-state index contributed by atoms with van der Waals surface area (Å²) in [6, 6.07) is 2.49. The van der Waals surface area contributed by atoms with Crippen LogP contribution in [-0.4, -0.2) is 40.5 Å². The van der Waals surface area contributed by atoms with Crippen LogP contribution in [0.4, 0.5) is 19.1 Å². The van der Waals surface area contributed by atoms with Gasteiger partial charge in [-0.2, -0.15) is 18.3 Å². The summed E-state index contributed by atoms with van der Waals surface area (Å²) in [6.07, 6.45) is -4.93. The number of carbonyl (C=O) groups is 1. The molecule has 0 atom stereocenters. The number of benzene rings is 1. The Morgan fingerprint density at radius 3 is 2.45 bits per heavy atom. The Hall–Kier alpha value is -3.55. The highest BCUT2D eigenvalue weighted by Gasteiger charge is 2.35. The number of tetrazole rings is 1. The lowest BCUT2D eigenvalue weighted by atomic mass is 10.1. The van der Waals surface area contributed by atoms with E-state index in [1.165, 1.54) is 7.05 Å². The lowest BCUT2D eigenvalue weighted by Gasteiger charge is -2.15. The molecule has 0 radical (unpaired) electrons. The number of carbonyl (C=O) groups excluding carboxylic acids is 1.